The molecular weight excluding hydrogens is 526 g/mol. The lowest BCUT2D eigenvalue weighted by atomic mass is 10.1. The second-order valence-corrected chi connectivity index (χ2v) is 13.3. The van der Waals surface area contributed by atoms with Crippen molar-refractivity contribution < 1.29 is 32.3 Å². The number of nitrogens with zero attached hydrogens (tertiary/aromatic N) is 4. The van der Waals surface area contributed by atoms with Gasteiger partial charge in [0, 0.05) is 53.5 Å². The molecule has 13 heteroatoms. The molecule has 0 bridgehead atoms. The fourth-order valence-electron chi connectivity index (χ4n) is 5.76. The summed E-state index contributed by atoms with van der Waals surface area (Å²) in [6, 6.07) is -0.279. The minimum Gasteiger partial charge on any atom is -0.358 e. The van der Waals surface area contributed by atoms with E-state index < -0.39 is 15.7 Å². The maximum Gasteiger partial charge on any atom is 0.252 e. The van der Waals surface area contributed by atoms with Gasteiger partial charge in [0.15, 0.2) is 0 Å². The van der Waals surface area contributed by atoms with Crippen LogP contribution in [-0.2, 0) is 33.7 Å². The first-order valence-electron chi connectivity index (χ1n) is 14.3. The van der Waals surface area contributed by atoms with Crippen LogP contribution in [0.2, 0.25) is 0 Å². The van der Waals surface area contributed by atoms with Crippen molar-refractivity contribution in [2.24, 2.45) is 0 Å². The van der Waals surface area contributed by atoms with Crippen LogP contribution in [0.4, 0.5) is 0 Å². The van der Waals surface area contributed by atoms with E-state index in [1.807, 2.05) is 0 Å². The Labute approximate surface area is 234 Å². The third kappa shape index (κ3) is 9.34. The molecule has 3 aliphatic heterocycles. The van der Waals surface area contributed by atoms with Gasteiger partial charge in [0.1, 0.15) is 9.84 Å². The van der Waals surface area contributed by atoms with Gasteiger partial charge in [-0.25, -0.2) is 8.42 Å². The lowest BCUT2D eigenvalue weighted by Gasteiger charge is -2.45. The molecule has 3 aliphatic rings. The van der Waals surface area contributed by atoms with Gasteiger partial charge < -0.3 is 19.7 Å². The molecule has 0 aliphatic carbocycles. The third-order valence-corrected chi connectivity index (χ3v) is 8.84. The van der Waals surface area contributed by atoms with Gasteiger partial charge in [0.25, 0.3) is 5.91 Å². The van der Waals surface area contributed by atoms with Crippen LogP contribution < -0.4 is 5.32 Å². The summed E-state index contributed by atoms with van der Waals surface area (Å²) in [5.74, 6) is -0.906. The molecule has 1 unspecified atom stereocenters. The lowest BCUT2D eigenvalue weighted by molar-refractivity contribution is -0.419. The van der Waals surface area contributed by atoms with E-state index >= 15 is 0 Å². The van der Waals surface area contributed by atoms with Crippen molar-refractivity contribution in [3.63, 3.8) is 0 Å². The van der Waals surface area contributed by atoms with Crippen LogP contribution in [0.1, 0.15) is 51.4 Å². The highest BCUT2D eigenvalue weighted by Crippen LogP contribution is 2.32. The van der Waals surface area contributed by atoms with Crippen LogP contribution >= 0.6 is 0 Å². The largest absolute Gasteiger partial charge is 0.358 e. The van der Waals surface area contributed by atoms with E-state index in [2.05, 4.69) is 15.1 Å². The molecule has 3 heterocycles. The van der Waals surface area contributed by atoms with Crippen molar-refractivity contribution in [2.75, 3.05) is 85.7 Å². The minimum atomic E-state index is -3.07. The van der Waals surface area contributed by atoms with Crippen LogP contribution in [0.3, 0.4) is 0 Å². The highest BCUT2D eigenvalue weighted by molar-refractivity contribution is 7.90. The Morgan fingerprint density at radius 2 is 1.54 bits per heavy atom. The first-order chi connectivity index (χ1) is 18.6. The molecule has 0 saturated carbocycles. The molecule has 0 aromatic heterocycles. The van der Waals surface area contributed by atoms with E-state index in [1.165, 1.54) is 6.26 Å². The Bertz CT molecular complexity index is 905. The Balaban J connectivity index is 1.64. The van der Waals surface area contributed by atoms with Gasteiger partial charge in [-0.15, -0.1) is 5.06 Å². The van der Waals surface area contributed by atoms with E-state index in [4.69, 9.17) is 14.3 Å². The van der Waals surface area contributed by atoms with Gasteiger partial charge in [0.05, 0.1) is 37.7 Å². The molecule has 2 amide bonds. The summed E-state index contributed by atoms with van der Waals surface area (Å²) in [6.07, 6.45) is 7.66. The van der Waals surface area contributed by atoms with Crippen molar-refractivity contribution in [2.45, 2.75) is 69.4 Å². The third-order valence-electron chi connectivity index (χ3n) is 7.80. The molecule has 3 atom stereocenters. The second kappa shape index (κ2) is 15.0. The van der Waals surface area contributed by atoms with E-state index in [0.717, 1.165) is 51.6 Å². The number of hydroxylamine groups is 2. The summed E-state index contributed by atoms with van der Waals surface area (Å²) in [4.78, 5) is 37.0. The predicted octanol–water partition coefficient (Wildman–Crippen LogP) is 0.289. The summed E-state index contributed by atoms with van der Waals surface area (Å²) in [6.45, 7) is 4.47. The average molecular weight is 576 g/mol. The van der Waals surface area contributed by atoms with Gasteiger partial charge in [0.2, 0.25) is 11.8 Å². The normalized spacial score (nSPS) is 27.2. The number of carbonyl (C=O) groups excluding carboxylic acids is 2. The Morgan fingerprint density at radius 3 is 2.13 bits per heavy atom. The molecule has 3 rings (SSSR count). The first-order valence-corrected chi connectivity index (χ1v) is 16.4. The summed E-state index contributed by atoms with van der Waals surface area (Å²) < 4.78 is 36.1. The number of carbonyl (C=O) groups is 2. The number of sulfone groups is 1. The van der Waals surface area contributed by atoms with Crippen molar-refractivity contribution in [3.05, 3.63) is 0 Å². The fourth-order valence-corrected chi connectivity index (χ4v) is 6.40. The number of amides is 2. The molecule has 0 spiro atoms. The van der Waals surface area contributed by atoms with Crippen molar-refractivity contribution in [1.29, 1.82) is 0 Å². The number of rotatable bonds is 15. The quantitative estimate of drug-likeness (QED) is 0.215. The molecule has 0 aromatic rings. The molecule has 226 valence electrons. The Kier molecular flexibility index (Phi) is 12.4. The van der Waals surface area contributed by atoms with Gasteiger partial charge >= 0.3 is 0 Å². The summed E-state index contributed by atoms with van der Waals surface area (Å²) in [7, 11) is 2.16. The zero-order valence-corrected chi connectivity index (χ0v) is 25.0. The molecule has 3 saturated heterocycles. The summed E-state index contributed by atoms with van der Waals surface area (Å²) in [5, 5.41) is 4.50. The predicted molar refractivity (Wildman–Crippen MR) is 147 cm³/mol. The van der Waals surface area contributed by atoms with Crippen LogP contribution in [-0.4, -0.2) is 144 Å². The summed E-state index contributed by atoms with van der Waals surface area (Å²) >= 11 is 0. The minimum absolute atomic E-state index is 0.0272. The highest BCUT2D eigenvalue weighted by atomic mass is 32.2. The fraction of sp³-hybridized carbons (Fsp3) is 0.923. The van der Waals surface area contributed by atoms with Gasteiger partial charge in [-0.05, 0) is 58.0 Å². The standard InChI is InChI=1S/C26H49N5O7S/c1-27-24(32)22-10-7-13-29(22)16-19-36-26(12-5-6-15-31(26)38-18-9-21-39(4,34)35)37-20-17-30-14-8-11-23(30)25(33)28(2)3/h22-23H,5-21H2,1-4H3,(H,27,32)/t22-,23-,26?/m0/s1. The molecule has 0 radical (unpaired) electrons. The van der Waals surface area contributed by atoms with Crippen molar-refractivity contribution >= 4 is 21.7 Å². The van der Waals surface area contributed by atoms with Crippen LogP contribution in [0, 0.1) is 0 Å². The maximum absolute atomic E-state index is 12.6. The number of hydrogen-bond acceptors (Lipinski definition) is 10. The maximum atomic E-state index is 12.6. The van der Waals surface area contributed by atoms with Crippen LogP contribution in [0.15, 0.2) is 0 Å². The monoisotopic (exact) mass is 575 g/mol. The number of hydrogen-bond donors (Lipinski definition) is 1. The molecule has 39 heavy (non-hydrogen) atoms. The zero-order valence-electron chi connectivity index (χ0n) is 24.2. The number of ether oxygens (including phenoxy) is 2. The topological polar surface area (TPSA) is 121 Å². The van der Waals surface area contributed by atoms with Gasteiger partial charge in [-0.2, -0.15) is 0 Å². The van der Waals surface area contributed by atoms with E-state index in [0.29, 0.717) is 45.7 Å². The van der Waals surface area contributed by atoms with Crippen LogP contribution in [0.25, 0.3) is 0 Å². The molecule has 1 N–H and O–H groups in total. The Hall–Kier alpha value is -1.35. The SMILES string of the molecule is CNC(=O)[C@@H]1CCCN1CCOC1(OCCN2CCC[C@H]2C(=O)N(C)C)CCCCN1OCCCS(C)(=O)=O. The number of nitrogens with one attached hydrogen (secondary N) is 1. The molecule has 0 aromatic carbocycles. The number of piperidine rings is 1. The highest BCUT2D eigenvalue weighted by Gasteiger charge is 2.43. The summed E-state index contributed by atoms with van der Waals surface area (Å²) in [5.41, 5.74) is 0. The zero-order chi connectivity index (χ0) is 28.5. The van der Waals surface area contributed by atoms with E-state index in [9.17, 15) is 18.0 Å². The molecular formula is C26H49N5O7S. The van der Waals surface area contributed by atoms with E-state index in [-0.39, 0.29) is 36.3 Å². The number of likely N-dealkylation sites (tertiary alicyclic amines) is 2. The lowest BCUT2D eigenvalue weighted by Crippen LogP contribution is -2.57. The first kappa shape index (κ1) is 32.2. The molecule has 12 nitrogen and oxygen atoms in total. The van der Waals surface area contributed by atoms with E-state index in [1.54, 1.807) is 31.1 Å². The van der Waals surface area contributed by atoms with Crippen molar-refractivity contribution in [1.82, 2.24) is 25.1 Å². The smallest absolute Gasteiger partial charge is 0.252 e. The molecule has 3 fully saturated rings. The van der Waals surface area contributed by atoms with Gasteiger partial charge in [-0.3, -0.25) is 24.2 Å². The van der Waals surface area contributed by atoms with Gasteiger partial charge in [-0.1, -0.05) is 0 Å². The Morgan fingerprint density at radius 1 is 0.923 bits per heavy atom. The number of likely N-dealkylation sites (N-methyl/N-ethyl adjacent to an activating group) is 2. The van der Waals surface area contributed by atoms with Crippen molar-refractivity contribution in [3.8, 4) is 0 Å². The van der Waals surface area contributed by atoms with Crippen LogP contribution in [0.5, 0.6) is 0 Å². The second-order valence-electron chi connectivity index (χ2n) is 11.0. The average Bonchev–Trinajstić information content (AvgIpc) is 3.56.